The predicted molar refractivity (Wildman–Crippen MR) is 87.2 cm³/mol. The van der Waals surface area contributed by atoms with Gasteiger partial charge in [0.1, 0.15) is 0 Å². The average Bonchev–Trinajstić information content (AvgIpc) is 2.41. The Hall–Kier alpha value is -1.94. The van der Waals surface area contributed by atoms with Crippen molar-refractivity contribution < 1.29 is 4.79 Å². The Morgan fingerprint density at radius 3 is 2.35 bits per heavy atom. The van der Waals surface area contributed by atoms with Gasteiger partial charge in [0.05, 0.1) is 0 Å². The number of rotatable bonds is 3. The lowest BCUT2D eigenvalue weighted by atomic mass is 10.1. The summed E-state index contributed by atoms with van der Waals surface area (Å²) in [7, 11) is 3.97. The van der Waals surface area contributed by atoms with E-state index in [1.54, 1.807) is 24.3 Å². The molecule has 20 heavy (non-hydrogen) atoms. The van der Waals surface area contributed by atoms with Crippen LogP contribution in [0.25, 0.3) is 0 Å². The number of thiol groups is 1. The molecule has 0 aliphatic carbocycles. The van der Waals surface area contributed by atoms with Crippen molar-refractivity contribution in [3.05, 3.63) is 53.6 Å². The molecule has 0 aliphatic rings. The molecule has 0 atom stereocenters. The van der Waals surface area contributed by atoms with Crippen molar-refractivity contribution in [2.45, 2.75) is 11.8 Å². The lowest BCUT2D eigenvalue weighted by Gasteiger charge is -2.17. The van der Waals surface area contributed by atoms with Crippen LogP contribution in [0.2, 0.25) is 0 Å². The maximum absolute atomic E-state index is 12.1. The van der Waals surface area contributed by atoms with Gasteiger partial charge in [-0.2, -0.15) is 0 Å². The topological polar surface area (TPSA) is 32.3 Å². The quantitative estimate of drug-likeness (QED) is 0.845. The highest BCUT2D eigenvalue weighted by Gasteiger charge is 2.08. The molecule has 104 valence electrons. The van der Waals surface area contributed by atoms with Crippen molar-refractivity contribution in [2.75, 3.05) is 24.3 Å². The highest BCUT2D eigenvalue weighted by Crippen LogP contribution is 2.23. The molecule has 0 spiro atoms. The first kappa shape index (κ1) is 14.5. The molecular formula is C16H18N2OS. The molecule has 0 bridgehead atoms. The van der Waals surface area contributed by atoms with Gasteiger partial charge in [0, 0.05) is 35.9 Å². The van der Waals surface area contributed by atoms with E-state index in [-0.39, 0.29) is 5.91 Å². The highest BCUT2D eigenvalue weighted by atomic mass is 32.1. The highest BCUT2D eigenvalue weighted by molar-refractivity contribution is 7.80. The molecule has 0 saturated heterocycles. The maximum Gasteiger partial charge on any atom is 0.255 e. The summed E-state index contributed by atoms with van der Waals surface area (Å²) in [5.74, 6) is -0.119. The summed E-state index contributed by atoms with van der Waals surface area (Å²) in [4.78, 5) is 15.0. The van der Waals surface area contributed by atoms with Crippen LogP contribution in [0.3, 0.4) is 0 Å². The Kier molecular flexibility index (Phi) is 4.35. The number of carbonyl (C=O) groups is 1. The van der Waals surface area contributed by atoms with Crippen molar-refractivity contribution in [3.8, 4) is 0 Å². The smallest absolute Gasteiger partial charge is 0.255 e. The SMILES string of the molecule is Cc1ccc(NC(=O)c2ccc(S)cc2)cc1N(C)C. The summed E-state index contributed by atoms with van der Waals surface area (Å²) < 4.78 is 0. The summed E-state index contributed by atoms with van der Waals surface area (Å²) in [6.45, 7) is 2.05. The van der Waals surface area contributed by atoms with Gasteiger partial charge < -0.3 is 10.2 Å². The number of nitrogens with one attached hydrogen (secondary N) is 1. The molecule has 4 heteroatoms. The molecule has 2 aromatic rings. The van der Waals surface area contributed by atoms with Crippen molar-refractivity contribution in [2.24, 2.45) is 0 Å². The number of carbonyl (C=O) groups excluding carboxylic acids is 1. The van der Waals surface area contributed by atoms with Gasteiger partial charge in [-0.15, -0.1) is 12.6 Å². The maximum atomic E-state index is 12.1. The second-order valence-electron chi connectivity index (χ2n) is 4.90. The fourth-order valence-corrected chi connectivity index (χ4v) is 2.13. The van der Waals surface area contributed by atoms with E-state index in [1.165, 1.54) is 5.56 Å². The largest absolute Gasteiger partial charge is 0.377 e. The Morgan fingerprint density at radius 2 is 1.75 bits per heavy atom. The Bertz CT molecular complexity index is 621. The number of nitrogens with zero attached hydrogens (tertiary/aromatic N) is 1. The van der Waals surface area contributed by atoms with Gasteiger partial charge >= 0.3 is 0 Å². The normalized spacial score (nSPS) is 10.2. The third-order valence-electron chi connectivity index (χ3n) is 3.08. The summed E-state index contributed by atoms with van der Waals surface area (Å²) >= 11 is 4.21. The molecule has 2 aromatic carbocycles. The van der Waals surface area contributed by atoms with Crippen LogP contribution < -0.4 is 10.2 Å². The van der Waals surface area contributed by atoms with Gasteiger partial charge in [-0.25, -0.2) is 0 Å². The van der Waals surface area contributed by atoms with Crippen LogP contribution in [0.4, 0.5) is 11.4 Å². The summed E-state index contributed by atoms with van der Waals surface area (Å²) in [5, 5.41) is 2.91. The van der Waals surface area contributed by atoms with E-state index in [1.807, 2.05) is 44.1 Å². The minimum absolute atomic E-state index is 0.119. The summed E-state index contributed by atoms with van der Waals surface area (Å²) in [5.41, 5.74) is 3.68. The zero-order valence-corrected chi connectivity index (χ0v) is 12.7. The van der Waals surface area contributed by atoms with Crippen molar-refractivity contribution >= 4 is 29.9 Å². The van der Waals surface area contributed by atoms with Gasteiger partial charge in [0.2, 0.25) is 0 Å². The summed E-state index contributed by atoms with van der Waals surface area (Å²) in [6.07, 6.45) is 0. The van der Waals surface area contributed by atoms with E-state index in [4.69, 9.17) is 0 Å². The number of hydrogen-bond donors (Lipinski definition) is 2. The van der Waals surface area contributed by atoms with Gasteiger partial charge in [-0.3, -0.25) is 4.79 Å². The van der Waals surface area contributed by atoms with E-state index in [2.05, 4.69) is 17.9 Å². The fourth-order valence-electron chi connectivity index (χ4n) is 1.99. The first-order chi connectivity index (χ1) is 9.47. The van der Waals surface area contributed by atoms with Gasteiger partial charge in [0.15, 0.2) is 0 Å². The lowest BCUT2D eigenvalue weighted by Crippen LogP contribution is -2.14. The first-order valence-corrected chi connectivity index (χ1v) is 6.80. The molecule has 1 N–H and O–H groups in total. The van der Waals surface area contributed by atoms with E-state index in [0.29, 0.717) is 5.56 Å². The van der Waals surface area contributed by atoms with E-state index in [9.17, 15) is 4.79 Å². The minimum atomic E-state index is -0.119. The van der Waals surface area contributed by atoms with Crippen molar-refractivity contribution in [1.82, 2.24) is 0 Å². The van der Waals surface area contributed by atoms with Crippen LogP contribution >= 0.6 is 12.6 Å². The number of anilines is 2. The van der Waals surface area contributed by atoms with Gasteiger partial charge in [-0.1, -0.05) is 6.07 Å². The second-order valence-corrected chi connectivity index (χ2v) is 5.41. The lowest BCUT2D eigenvalue weighted by molar-refractivity contribution is 0.102. The molecular weight excluding hydrogens is 268 g/mol. The predicted octanol–water partition coefficient (Wildman–Crippen LogP) is 3.60. The molecule has 0 heterocycles. The summed E-state index contributed by atoms with van der Waals surface area (Å²) in [6, 6.07) is 13.0. The molecule has 0 saturated carbocycles. The zero-order valence-electron chi connectivity index (χ0n) is 11.8. The van der Waals surface area contributed by atoms with Crippen molar-refractivity contribution in [1.29, 1.82) is 0 Å². The number of hydrogen-bond acceptors (Lipinski definition) is 3. The number of benzene rings is 2. The van der Waals surface area contributed by atoms with Crippen LogP contribution in [0.5, 0.6) is 0 Å². The van der Waals surface area contributed by atoms with E-state index in [0.717, 1.165) is 16.3 Å². The van der Waals surface area contributed by atoms with Gasteiger partial charge in [0.25, 0.3) is 5.91 Å². The Labute approximate surface area is 125 Å². The third-order valence-corrected chi connectivity index (χ3v) is 3.38. The minimum Gasteiger partial charge on any atom is -0.377 e. The van der Waals surface area contributed by atoms with Gasteiger partial charge in [-0.05, 0) is 48.9 Å². The molecule has 3 nitrogen and oxygen atoms in total. The molecule has 1 amide bonds. The van der Waals surface area contributed by atoms with E-state index >= 15 is 0 Å². The van der Waals surface area contributed by atoms with Crippen LogP contribution in [-0.4, -0.2) is 20.0 Å². The van der Waals surface area contributed by atoms with Crippen LogP contribution in [-0.2, 0) is 0 Å². The first-order valence-electron chi connectivity index (χ1n) is 6.36. The Balaban J connectivity index is 2.19. The monoisotopic (exact) mass is 286 g/mol. The Morgan fingerprint density at radius 1 is 1.10 bits per heavy atom. The van der Waals surface area contributed by atoms with E-state index < -0.39 is 0 Å². The third kappa shape index (κ3) is 3.33. The van der Waals surface area contributed by atoms with Crippen molar-refractivity contribution in [3.63, 3.8) is 0 Å². The second kappa shape index (κ2) is 6.01. The number of aryl methyl sites for hydroxylation is 1. The van der Waals surface area contributed by atoms with Crippen LogP contribution in [0.1, 0.15) is 15.9 Å². The molecule has 0 unspecified atom stereocenters. The molecule has 0 aromatic heterocycles. The number of amides is 1. The standard InChI is InChI=1S/C16H18N2OS/c1-11-4-7-13(10-15(11)18(2)3)17-16(19)12-5-8-14(20)9-6-12/h4-10,20H,1-3H3,(H,17,19). The molecule has 0 aliphatic heterocycles. The molecule has 2 rings (SSSR count). The van der Waals surface area contributed by atoms with Crippen LogP contribution in [0, 0.1) is 6.92 Å². The van der Waals surface area contributed by atoms with Crippen LogP contribution in [0.15, 0.2) is 47.4 Å². The molecule has 0 fully saturated rings. The zero-order chi connectivity index (χ0) is 14.7. The fraction of sp³-hybridized carbons (Fsp3) is 0.188. The molecule has 0 radical (unpaired) electrons. The average molecular weight is 286 g/mol.